The molecule has 0 bridgehead atoms. The molecule has 0 heterocycles. The molecule has 15 heavy (non-hydrogen) atoms. The third-order valence-electron chi connectivity index (χ3n) is 1.67. The summed E-state index contributed by atoms with van der Waals surface area (Å²) in [6, 6.07) is 2.72. The van der Waals surface area contributed by atoms with E-state index in [1.54, 1.807) is 0 Å². The normalized spacial score (nSPS) is 11.5. The van der Waals surface area contributed by atoms with E-state index in [-0.39, 0.29) is 15.1 Å². The molecule has 0 aliphatic rings. The molecule has 0 saturated heterocycles. The lowest BCUT2D eigenvalue weighted by Crippen LogP contribution is -2.08. The molecule has 0 unspecified atom stereocenters. The van der Waals surface area contributed by atoms with Gasteiger partial charge in [-0.1, -0.05) is 11.6 Å². The van der Waals surface area contributed by atoms with Crippen molar-refractivity contribution in [1.82, 2.24) is 0 Å². The zero-order valence-corrected chi connectivity index (χ0v) is 10.6. The van der Waals surface area contributed by atoms with Crippen molar-refractivity contribution in [3.63, 3.8) is 0 Å². The highest BCUT2D eigenvalue weighted by Gasteiger charge is 2.24. The van der Waals surface area contributed by atoms with Crippen LogP contribution in [0.2, 0.25) is 5.02 Å². The Morgan fingerprint density at radius 1 is 1.47 bits per heavy atom. The van der Waals surface area contributed by atoms with Crippen molar-refractivity contribution in [2.45, 2.75) is 11.8 Å². The number of halogens is 2. The molecule has 4 nitrogen and oxygen atoms in total. The van der Waals surface area contributed by atoms with E-state index in [1.165, 1.54) is 19.1 Å². The first-order valence-corrected chi connectivity index (χ1v) is 6.32. The average Bonchev–Trinajstić information content (AvgIpc) is 2.05. The first kappa shape index (κ1) is 12.6. The topological polar surface area (TPSA) is 71.4 Å². The molecular formula is C8H6BrClO4S. The fraction of sp³-hybridized carbons (Fsp3) is 0.125. The molecule has 0 radical (unpaired) electrons. The van der Waals surface area contributed by atoms with Gasteiger partial charge >= 0.3 is 0 Å². The molecule has 1 aromatic carbocycles. The molecule has 0 spiro atoms. The molecule has 0 aromatic heterocycles. The lowest BCUT2D eigenvalue weighted by Gasteiger charge is -2.07. The average molecular weight is 314 g/mol. The fourth-order valence-corrected chi connectivity index (χ4v) is 3.13. The quantitative estimate of drug-likeness (QED) is 0.673. The van der Waals surface area contributed by atoms with E-state index in [4.69, 9.17) is 16.2 Å². The first-order chi connectivity index (χ1) is 6.75. The fourth-order valence-electron chi connectivity index (χ4n) is 1.11. The van der Waals surface area contributed by atoms with Crippen LogP contribution >= 0.6 is 27.5 Å². The second-order valence-electron chi connectivity index (χ2n) is 2.76. The lowest BCUT2D eigenvalue weighted by atomic mass is 10.1. The number of Topliss-reactive ketones (excluding diaryl/α,β-unsaturated/α-hetero) is 1. The summed E-state index contributed by atoms with van der Waals surface area (Å²) in [5, 5.41) is -0.189. The van der Waals surface area contributed by atoms with Crippen molar-refractivity contribution in [3.8, 4) is 0 Å². The van der Waals surface area contributed by atoms with Gasteiger partial charge in [0, 0.05) is 4.47 Å². The highest BCUT2D eigenvalue weighted by Crippen LogP contribution is 2.31. The Bertz CT molecular complexity index is 524. The van der Waals surface area contributed by atoms with Gasteiger partial charge in [0.05, 0.1) is 10.6 Å². The number of hydrogen-bond donors (Lipinski definition) is 1. The zero-order chi connectivity index (χ0) is 11.8. The van der Waals surface area contributed by atoms with E-state index in [2.05, 4.69) is 15.9 Å². The summed E-state index contributed by atoms with van der Waals surface area (Å²) >= 11 is 8.64. The van der Waals surface area contributed by atoms with Gasteiger partial charge in [0.2, 0.25) is 0 Å². The highest BCUT2D eigenvalue weighted by atomic mass is 79.9. The van der Waals surface area contributed by atoms with Crippen LogP contribution < -0.4 is 0 Å². The summed E-state index contributed by atoms with van der Waals surface area (Å²) < 4.78 is 31.3. The summed E-state index contributed by atoms with van der Waals surface area (Å²) in [5.74, 6) is -0.503. The maximum atomic E-state index is 11.2. The minimum absolute atomic E-state index is 0.148. The standard InChI is InChI=1S/C8H6BrClO4S/c1-4(11)7-5(9)2-3-6(10)8(7)15(12,13)14/h2-3H,1H3,(H,12,13,14). The number of carbonyl (C=O) groups is 1. The van der Waals surface area contributed by atoms with Crippen molar-refractivity contribution in [1.29, 1.82) is 0 Å². The summed E-state index contributed by atoms with van der Waals surface area (Å²) in [5.41, 5.74) is -0.148. The van der Waals surface area contributed by atoms with Crippen molar-refractivity contribution >= 4 is 43.4 Å². The molecule has 0 amide bonds. The van der Waals surface area contributed by atoms with Gasteiger partial charge in [0.1, 0.15) is 4.90 Å². The van der Waals surface area contributed by atoms with Gasteiger partial charge in [-0.15, -0.1) is 0 Å². The van der Waals surface area contributed by atoms with E-state index in [1.807, 2.05) is 0 Å². The molecule has 0 fully saturated rings. The Morgan fingerprint density at radius 2 is 2.00 bits per heavy atom. The Morgan fingerprint density at radius 3 is 2.33 bits per heavy atom. The molecule has 0 aliphatic carbocycles. The van der Waals surface area contributed by atoms with Crippen LogP contribution in [0.4, 0.5) is 0 Å². The molecule has 1 aromatic rings. The third kappa shape index (κ3) is 2.57. The number of benzene rings is 1. The monoisotopic (exact) mass is 312 g/mol. The van der Waals surface area contributed by atoms with Crippen molar-refractivity contribution < 1.29 is 17.8 Å². The highest BCUT2D eigenvalue weighted by molar-refractivity contribution is 9.10. The van der Waals surface area contributed by atoms with Crippen LogP contribution in [0.15, 0.2) is 21.5 Å². The second kappa shape index (κ2) is 4.21. The molecule has 0 aliphatic heterocycles. The Hall–Kier alpha value is -0.430. The van der Waals surface area contributed by atoms with E-state index in [0.717, 1.165) is 0 Å². The molecule has 82 valence electrons. The minimum atomic E-state index is -4.51. The predicted molar refractivity (Wildman–Crippen MR) is 59.0 cm³/mol. The van der Waals surface area contributed by atoms with Gasteiger partial charge in [-0.05, 0) is 35.0 Å². The molecular weight excluding hydrogens is 308 g/mol. The summed E-state index contributed by atoms with van der Waals surface area (Å²) in [4.78, 5) is 10.7. The van der Waals surface area contributed by atoms with Crippen LogP contribution in [0, 0.1) is 0 Å². The van der Waals surface area contributed by atoms with Crippen LogP contribution in [0.1, 0.15) is 17.3 Å². The van der Waals surface area contributed by atoms with Gasteiger partial charge in [-0.3, -0.25) is 9.35 Å². The molecule has 0 atom stereocenters. The van der Waals surface area contributed by atoms with Crippen LogP contribution in [0.25, 0.3) is 0 Å². The Kier molecular flexibility index (Phi) is 3.55. The van der Waals surface area contributed by atoms with Crippen LogP contribution in [-0.4, -0.2) is 18.8 Å². The maximum absolute atomic E-state index is 11.2. The Balaban J connectivity index is 3.76. The lowest BCUT2D eigenvalue weighted by molar-refractivity contribution is 0.101. The smallest absolute Gasteiger partial charge is 0.294 e. The largest absolute Gasteiger partial charge is 0.296 e. The minimum Gasteiger partial charge on any atom is -0.294 e. The van der Waals surface area contributed by atoms with Gasteiger partial charge in [0.15, 0.2) is 5.78 Å². The molecule has 1 N–H and O–H groups in total. The van der Waals surface area contributed by atoms with Crippen LogP contribution in [0.3, 0.4) is 0 Å². The van der Waals surface area contributed by atoms with E-state index in [9.17, 15) is 13.2 Å². The number of hydrogen-bond acceptors (Lipinski definition) is 3. The predicted octanol–water partition coefficient (Wildman–Crippen LogP) is 2.55. The molecule has 0 saturated carbocycles. The van der Waals surface area contributed by atoms with Crippen molar-refractivity contribution in [3.05, 3.63) is 27.2 Å². The van der Waals surface area contributed by atoms with Gasteiger partial charge in [-0.2, -0.15) is 8.42 Å². The molecule has 1 rings (SSSR count). The van der Waals surface area contributed by atoms with E-state index in [0.29, 0.717) is 0 Å². The summed E-state index contributed by atoms with van der Waals surface area (Å²) in [6.45, 7) is 1.19. The summed E-state index contributed by atoms with van der Waals surface area (Å²) in [6.07, 6.45) is 0. The number of carbonyl (C=O) groups excluding carboxylic acids is 1. The van der Waals surface area contributed by atoms with Gasteiger partial charge < -0.3 is 0 Å². The number of rotatable bonds is 2. The van der Waals surface area contributed by atoms with E-state index < -0.39 is 20.8 Å². The van der Waals surface area contributed by atoms with Gasteiger partial charge in [0.25, 0.3) is 10.1 Å². The van der Waals surface area contributed by atoms with E-state index >= 15 is 0 Å². The second-order valence-corrected chi connectivity index (χ2v) is 5.38. The number of ketones is 1. The van der Waals surface area contributed by atoms with Crippen LogP contribution in [0.5, 0.6) is 0 Å². The van der Waals surface area contributed by atoms with Gasteiger partial charge in [-0.25, -0.2) is 0 Å². The van der Waals surface area contributed by atoms with Crippen LogP contribution in [-0.2, 0) is 10.1 Å². The Labute approximate surface area is 100 Å². The SMILES string of the molecule is CC(=O)c1c(Br)ccc(Cl)c1S(=O)(=O)O. The van der Waals surface area contributed by atoms with Crippen molar-refractivity contribution in [2.75, 3.05) is 0 Å². The summed E-state index contributed by atoms with van der Waals surface area (Å²) in [7, 11) is -4.51. The molecule has 7 heteroatoms. The van der Waals surface area contributed by atoms with Crippen molar-refractivity contribution in [2.24, 2.45) is 0 Å². The third-order valence-corrected chi connectivity index (χ3v) is 3.70. The first-order valence-electron chi connectivity index (χ1n) is 3.71. The zero-order valence-electron chi connectivity index (χ0n) is 7.49. The maximum Gasteiger partial charge on any atom is 0.296 e.